The minimum absolute atomic E-state index is 0.0419. The van der Waals surface area contributed by atoms with Crippen LogP contribution in [-0.2, 0) is 36.5 Å². The molecule has 3 saturated carbocycles. The minimum Gasteiger partial charge on any atom is -0.497 e. The number of benzene rings is 2. The summed E-state index contributed by atoms with van der Waals surface area (Å²) >= 11 is 0. The van der Waals surface area contributed by atoms with E-state index in [0.29, 0.717) is 37.0 Å². The van der Waals surface area contributed by atoms with Gasteiger partial charge in [0.2, 0.25) is 11.8 Å². The molecule has 2 unspecified atom stereocenters. The van der Waals surface area contributed by atoms with E-state index in [1.165, 1.54) is 0 Å². The number of nitrogens with zero attached hydrogens (tertiary/aromatic N) is 2. The molecule has 0 aromatic heterocycles. The quantitative estimate of drug-likeness (QED) is 0.269. The zero-order valence-corrected chi connectivity index (χ0v) is 31.7. The first-order valence-electron chi connectivity index (χ1n) is 19.0. The molecule has 52 heavy (non-hydrogen) atoms. The summed E-state index contributed by atoms with van der Waals surface area (Å²) in [7, 11) is 0.939. The van der Waals surface area contributed by atoms with Gasteiger partial charge in [0, 0.05) is 6.54 Å². The van der Waals surface area contributed by atoms with E-state index in [0.717, 1.165) is 35.3 Å². The molecular formula is C40H55BN4O7. The van der Waals surface area contributed by atoms with Gasteiger partial charge in [-0.1, -0.05) is 77.1 Å². The van der Waals surface area contributed by atoms with Gasteiger partial charge in [0.25, 0.3) is 5.91 Å². The average Bonchev–Trinajstić information content (AvgIpc) is 3.65. The highest BCUT2D eigenvalue weighted by molar-refractivity contribution is 6.48. The van der Waals surface area contributed by atoms with E-state index in [4.69, 9.17) is 14.0 Å². The van der Waals surface area contributed by atoms with Crippen LogP contribution < -0.4 is 15.4 Å². The number of nitrogens with one attached hydrogen (secondary N) is 2. The third-order valence-electron chi connectivity index (χ3n) is 12.3. The SMILES string of the molecule is CC[C@H](NC(=O)[C@@H]1CN(CCCc2ccccc2)C(=O)N1C(=O)[C@@H](NC(=O)Cc1ccc(OC)cc1)C(C)C)B1O[C@@H]2CC3CC(C3(C)C)[C@]2(C)O1. The molecule has 12 heteroatoms. The van der Waals surface area contributed by atoms with Gasteiger partial charge in [0.15, 0.2) is 0 Å². The molecule has 280 valence electrons. The molecule has 2 N–H and O–H groups in total. The van der Waals surface area contributed by atoms with Crippen molar-refractivity contribution in [2.45, 2.75) is 110 Å². The van der Waals surface area contributed by atoms with Gasteiger partial charge in [-0.15, -0.1) is 0 Å². The first kappa shape index (κ1) is 37.8. The van der Waals surface area contributed by atoms with Crippen LogP contribution in [0.5, 0.6) is 5.75 Å². The van der Waals surface area contributed by atoms with Gasteiger partial charge in [-0.2, -0.15) is 0 Å². The molecule has 2 bridgehead atoms. The van der Waals surface area contributed by atoms with Crippen LogP contribution in [0.2, 0.25) is 0 Å². The van der Waals surface area contributed by atoms with Crippen molar-refractivity contribution in [2.24, 2.45) is 23.2 Å². The molecule has 7 atom stereocenters. The molecule has 7 rings (SSSR count). The predicted molar refractivity (Wildman–Crippen MR) is 198 cm³/mol. The first-order valence-corrected chi connectivity index (χ1v) is 19.0. The molecular weight excluding hydrogens is 659 g/mol. The van der Waals surface area contributed by atoms with Crippen molar-refractivity contribution in [1.82, 2.24) is 20.4 Å². The Hall–Kier alpha value is -3.90. The Morgan fingerprint density at radius 1 is 1.00 bits per heavy atom. The van der Waals surface area contributed by atoms with E-state index in [1.54, 1.807) is 36.3 Å². The number of ether oxygens (including phenoxy) is 1. The van der Waals surface area contributed by atoms with Crippen molar-refractivity contribution >= 4 is 30.9 Å². The Labute approximate surface area is 308 Å². The maximum absolute atomic E-state index is 14.4. The van der Waals surface area contributed by atoms with Crippen molar-refractivity contribution in [3.05, 3.63) is 65.7 Å². The number of hydrogen-bond donors (Lipinski definition) is 2. The monoisotopic (exact) mass is 714 g/mol. The molecule has 2 aromatic rings. The van der Waals surface area contributed by atoms with E-state index in [9.17, 15) is 19.2 Å². The summed E-state index contributed by atoms with van der Waals surface area (Å²) in [4.78, 5) is 58.6. The Balaban J connectivity index is 1.18. The lowest BCUT2D eigenvalue weighted by molar-refractivity contribution is -0.199. The number of hydrogen-bond acceptors (Lipinski definition) is 7. The fourth-order valence-corrected chi connectivity index (χ4v) is 8.94. The Morgan fingerprint density at radius 2 is 1.71 bits per heavy atom. The first-order chi connectivity index (χ1) is 24.8. The summed E-state index contributed by atoms with van der Waals surface area (Å²) in [5.41, 5.74) is 1.65. The molecule has 11 nitrogen and oxygen atoms in total. The highest BCUT2D eigenvalue weighted by atomic mass is 16.7. The average molecular weight is 715 g/mol. The number of carbonyl (C=O) groups is 4. The van der Waals surface area contributed by atoms with E-state index < -0.39 is 48.6 Å². The lowest BCUT2D eigenvalue weighted by Gasteiger charge is -2.64. The lowest BCUT2D eigenvalue weighted by atomic mass is 9.43. The largest absolute Gasteiger partial charge is 0.497 e. The van der Waals surface area contributed by atoms with E-state index in [2.05, 4.69) is 31.4 Å². The molecule has 0 radical (unpaired) electrons. The fraction of sp³-hybridized carbons (Fsp3) is 0.600. The van der Waals surface area contributed by atoms with Crippen molar-refractivity contribution in [2.75, 3.05) is 20.2 Å². The standard InChI is InChI=1S/C40H55BN4O7/c1-8-33(41-51-32-23-28-22-31(39(28,4)5)40(32,6)52-41)42-36(47)30-24-44(20-12-15-26-13-10-9-11-14-26)38(49)45(30)37(48)35(25(2)3)43-34(46)21-27-16-18-29(50-7)19-17-27/h9-11,13-14,16-19,25,28,30-33,35H,8,12,15,20-24H2,1-7H3,(H,42,47)(H,43,46)/t28?,30-,31?,32+,33-,35-,40-/m0/s1. The van der Waals surface area contributed by atoms with Crippen LogP contribution in [0.1, 0.15) is 78.4 Å². The second-order valence-electron chi connectivity index (χ2n) is 16.2. The van der Waals surface area contributed by atoms with Crippen LogP contribution in [0, 0.1) is 23.2 Å². The van der Waals surface area contributed by atoms with Gasteiger partial charge >= 0.3 is 13.1 Å². The van der Waals surface area contributed by atoms with Crippen LogP contribution in [0.25, 0.3) is 0 Å². The maximum Gasteiger partial charge on any atom is 0.481 e. The normalized spacial score (nSPS) is 27.2. The van der Waals surface area contributed by atoms with Crippen LogP contribution in [-0.4, -0.2) is 90.6 Å². The van der Waals surface area contributed by atoms with Crippen molar-refractivity contribution in [3.63, 3.8) is 0 Å². The number of amides is 5. The van der Waals surface area contributed by atoms with Gasteiger partial charge in [-0.3, -0.25) is 14.4 Å². The van der Waals surface area contributed by atoms with Gasteiger partial charge in [-0.05, 0) is 85.5 Å². The zero-order chi connectivity index (χ0) is 37.4. The smallest absolute Gasteiger partial charge is 0.481 e. The highest BCUT2D eigenvalue weighted by Crippen LogP contribution is 2.65. The summed E-state index contributed by atoms with van der Waals surface area (Å²) in [6, 6.07) is 14.5. The minimum atomic E-state index is -1.09. The predicted octanol–water partition coefficient (Wildman–Crippen LogP) is 4.81. The Kier molecular flexibility index (Phi) is 11.1. The van der Waals surface area contributed by atoms with Crippen molar-refractivity contribution in [1.29, 1.82) is 0 Å². The second kappa shape index (κ2) is 15.2. The number of rotatable bonds is 14. The summed E-state index contributed by atoms with van der Waals surface area (Å²) in [5.74, 6) is -0.580. The van der Waals surface area contributed by atoms with Gasteiger partial charge < -0.3 is 29.6 Å². The van der Waals surface area contributed by atoms with Gasteiger partial charge in [0.05, 0.1) is 37.7 Å². The molecule has 5 fully saturated rings. The molecule has 2 aromatic carbocycles. The second-order valence-corrected chi connectivity index (χ2v) is 16.2. The molecule has 2 saturated heterocycles. The van der Waals surface area contributed by atoms with E-state index in [1.807, 2.05) is 51.1 Å². The number of methoxy groups -OCH3 is 1. The number of carbonyl (C=O) groups excluding carboxylic acids is 4. The molecule has 3 aliphatic carbocycles. The van der Waals surface area contributed by atoms with E-state index in [-0.39, 0.29) is 36.3 Å². The van der Waals surface area contributed by atoms with Crippen LogP contribution >= 0.6 is 0 Å². The summed E-state index contributed by atoms with van der Waals surface area (Å²) in [6.07, 6.45) is 4.01. The topological polar surface area (TPSA) is 127 Å². The lowest BCUT2D eigenvalue weighted by Crippen LogP contribution is -2.65. The van der Waals surface area contributed by atoms with Crippen molar-refractivity contribution < 1.29 is 33.2 Å². The van der Waals surface area contributed by atoms with Crippen LogP contribution in [0.4, 0.5) is 4.79 Å². The number of urea groups is 1. The molecule has 2 aliphatic heterocycles. The third kappa shape index (κ3) is 7.33. The number of imide groups is 1. The van der Waals surface area contributed by atoms with Crippen LogP contribution in [0.15, 0.2) is 54.6 Å². The third-order valence-corrected chi connectivity index (χ3v) is 12.3. The Bertz CT molecular complexity index is 1620. The van der Waals surface area contributed by atoms with Crippen molar-refractivity contribution in [3.8, 4) is 5.75 Å². The summed E-state index contributed by atoms with van der Waals surface area (Å²) in [5, 5.41) is 6.00. The van der Waals surface area contributed by atoms with Gasteiger partial charge in [-0.25, -0.2) is 9.69 Å². The highest BCUT2D eigenvalue weighted by Gasteiger charge is 2.68. The zero-order valence-electron chi connectivity index (χ0n) is 31.7. The molecule has 5 aliphatic rings. The molecule has 2 heterocycles. The number of aryl methyl sites for hydroxylation is 1. The molecule has 0 spiro atoms. The van der Waals surface area contributed by atoms with Crippen LogP contribution in [0.3, 0.4) is 0 Å². The molecule has 5 amide bonds. The van der Waals surface area contributed by atoms with E-state index >= 15 is 0 Å². The fourth-order valence-electron chi connectivity index (χ4n) is 8.94. The van der Waals surface area contributed by atoms with Gasteiger partial charge in [0.1, 0.15) is 17.8 Å². The summed E-state index contributed by atoms with van der Waals surface area (Å²) in [6.45, 7) is 12.8. The Morgan fingerprint density at radius 3 is 2.35 bits per heavy atom. The maximum atomic E-state index is 14.4. The summed E-state index contributed by atoms with van der Waals surface area (Å²) < 4.78 is 18.4.